The van der Waals surface area contributed by atoms with Crippen molar-refractivity contribution in [1.82, 2.24) is 0 Å². The van der Waals surface area contributed by atoms with Gasteiger partial charge in [0.15, 0.2) is 11.6 Å². The Morgan fingerprint density at radius 2 is 2.29 bits per heavy atom. The van der Waals surface area contributed by atoms with Crippen LogP contribution in [0.1, 0.15) is 18.0 Å². The lowest BCUT2D eigenvalue weighted by molar-refractivity contribution is 0.275. The van der Waals surface area contributed by atoms with Crippen LogP contribution in [0.4, 0.5) is 4.39 Å². The summed E-state index contributed by atoms with van der Waals surface area (Å²) < 4.78 is 18.4. The molecule has 1 rings (SSSR count). The molecule has 1 atom stereocenters. The average Bonchev–Trinajstić information content (AvgIpc) is 2.18. The molecule has 0 aliphatic rings. The molecule has 1 aromatic carbocycles. The minimum absolute atomic E-state index is 0.0577. The summed E-state index contributed by atoms with van der Waals surface area (Å²) >= 11 is 0. The predicted molar refractivity (Wildman–Crippen MR) is 51.6 cm³/mol. The predicted octanol–water partition coefficient (Wildman–Crippen LogP) is 1.22. The van der Waals surface area contributed by atoms with Crippen LogP contribution in [0.15, 0.2) is 18.2 Å². The van der Waals surface area contributed by atoms with Crippen molar-refractivity contribution in [1.29, 1.82) is 0 Å². The fraction of sp³-hybridized carbons (Fsp3) is 0.400. The van der Waals surface area contributed by atoms with Gasteiger partial charge in [0.05, 0.1) is 7.11 Å². The lowest BCUT2D eigenvalue weighted by Crippen LogP contribution is -2.14. The van der Waals surface area contributed by atoms with Crippen LogP contribution < -0.4 is 10.5 Å². The molecule has 0 fully saturated rings. The summed E-state index contributed by atoms with van der Waals surface area (Å²) in [5, 5.41) is 8.68. The number of aliphatic hydroxyl groups is 1. The Kier molecular flexibility index (Phi) is 3.85. The van der Waals surface area contributed by atoms with Gasteiger partial charge in [-0.1, -0.05) is 12.1 Å². The zero-order valence-corrected chi connectivity index (χ0v) is 8.03. The molecule has 3 nitrogen and oxygen atoms in total. The molecule has 0 aromatic heterocycles. The fourth-order valence-electron chi connectivity index (χ4n) is 1.27. The van der Waals surface area contributed by atoms with E-state index in [-0.39, 0.29) is 12.4 Å². The number of hydrogen-bond acceptors (Lipinski definition) is 3. The third kappa shape index (κ3) is 2.21. The SMILES string of the molecule is COc1cccc([C@@H](N)CCO)c1F. The summed E-state index contributed by atoms with van der Waals surface area (Å²) in [4.78, 5) is 0. The topological polar surface area (TPSA) is 55.5 Å². The van der Waals surface area contributed by atoms with E-state index in [0.717, 1.165) is 0 Å². The first-order chi connectivity index (χ1) is 6.70. The van der Waals surface area contributed by atoms with Gasteiger partial charge in [-0.15, -0.1) is 0 Å². The van der Waals surface area contributed by atoms with E-state index in [2.05, 4.69) is 0 Å². The Morgan fingerprint density at radius 1 is 1.57 bits per heavy atom. The largest absolute Gasteiger partial charge is 0.494 e. The molecule has 1 aromatic rings. The molecule has 3 N–H and O–H groups in total. The van der Waals surface area contributed by atoms with Crippen LogP contribution in [0, 0.1) is 5.82 Å². The van der Waals surface area contributed by atoms with E-state index in [4.69, 9.17) is 15.6 Å². The summed E-state index contributed by atoms with van der Waals surface area (Å²) in [6.45, 7) is -0.0577. The second kappa shape index (κ2) is 4.93. The normalized spacial score (nSPS) is 12.6. The monoisotopic (exact) mass is 199 g/mol. The van der Waals surface area contributed by atoms with Crippen LogP contribution in [0.25, 0.3) is 0 Å². The molecule has 0 spiro atoms. The van der Waals surface area contributed by atoms with Crippen molar-refractivity contribution in [2.45, 2.75) is 12.5 Å². The van der Waals surface area contributed by atoms with E-state index >= 15 is 0 Å². The molecule has 0 bridgehead atoms. The van der Waals surface area contributed by atoms with Gasteiger partial charge in [-0.2, -0.15) is 0 Å². The number of ether oxygens (including phenoxy) is 1. The Balaban J connectivity index is 2.96. The van der Waals surface area contributed by atoms with Crippen LogP contribution in [0.5, 0.6) is 5.75 Å². The number of aliphatic hydroxyl groups excluding tert-OH is 1. The zero-order valence-electron chi connectivity index (χ0n) is 8.03. The number of rotatable bonds is 4. The molecular weight excluding hydrogens is 185 g/mol. The van der Waals surface area contributed by atoms with E-state index in [0.29, 0.717) is 12.0 Å². The Labute approximate surface area is 82.3 Å². The first kappa shape index (κ1) is 10.9. The first-order valence-electron chi connectivity index (χ1n) is 4.39. The molecular formula is C10H14FNO2. The molecule has 78 valence electrons. The average molecular weight is 199 g/mol. The molecule has 0 radical (unpaired) electrons. The maximum absolute atomic E-state index is 13.6. The summed E-state index contributed by atoms with van der Waals surface area (Å²) in [7, 11) is 1.40. The molecule has 0 saturated carbocycles. The van der Waals surface area contributed by atoms with E-state index in [1.54, 1.807) is 12.1 Å². The number of methoxy groups -OCH3 is 1. The van der Waals surface area contributed by atoms with E-state index in [1.807, 2.05) is 0 Å². The Bertz CT molecular complexity index is 304. The van der Waals surface area contributed by atoms with Gasteiger partial charge < -0.3 is 15.6 Å². The van der Waals surface area contributed by atoms with Crippen LogP contribution in [0.2, 0.25) is 0 Å². The standard InChI is InChI=1S/C10H14FNO2/c1-14-9-4-2-3-7(10(9)11)8(12)5-6-13/h2-4,8,13H,5-6,12H2,1H3/t8-/m0/s1. The number of hydrogen-bond donors (Lipinski definition) is 2. The highest BCUT2D eigenvalue weighted by molar-refractivity contribution is 5.32. The minimum Gasteiger partial charge on any atom is -0.494 e. The van der Waals surface area contributed by atoms with Gasteiger partial charge in [-0.05, 0) is 12.5 Å². The number of nitrogens with two attached hydrogens (primary N) is 1. The Morgan fingerprint density at radius 3 is 2.86 bits per heavy atom. The van der Waals surface area contributed by atoms with Crippen molar-refractivity contribution in [2.75, 3.05) is 13.7 Å². The highest BCUT2D eigenvalue weighted by atomic mass is 19.1. The van der Waals surface area contributed by atoms with Crippen molar-refractivity contribution in [3.8, 4) is 5.75 Å². The van der Waals surface area contributed by atoms with Gasteiger partial charge >= 0.3 is 0 Å². The molecule has 0 heterocycles. The van der Waals surface area contributed by atoms with Gasteiger partial charge in [0.2, 0.25) is 0 Å². The van der Waals surface area contributed by atoms with E-state index in [1.165, 1.54) is 13.2 Å². The number of halogens is 1. The summed E-state index contributed by atoms with van der Waals surface area (Å²) in [6.07, 6.45) is 0.337. The fourth-order valence-corrected chi connectivity index (χ4v) is 1.27. The van der Waals surface area contributed by atoms with Crippen molar-refractivity contribution < 1.29 is 14.2 Å². The molecule has 0 saturated heterocycles. The molecule has 0 aliphatic carbocycles. The highest BCUT2D eigenvalue weighted by Crippen LogP contribution is 2.24. The molecule has 4 heteroatoms. The van der Waals surface area contributed by atoms with Crippen LogP contribution in [0.3, 0.4) is 0 Å². The smallest absolute Gasteiger partial charge is 0.169 e. The van der Waals surface area contributed by atoms with Crippen LogP contribution in [-0.4, -0.2) is 18.8 Å². The molecule has 14 heavy (non-hydrogen) atoms. The van der Waals surface area contributed by atoms with Gasteiger partial charge in [0.25, 0.3) is 0 Å². The highest BCUT2D eigenvalue weighted by Gasteiger charge is 2.14. The lowest BCUT2D eigenvalue weighted by atomic mass is 10.0. The van der Waals surface area contributed by atoms with E-state index in [9.17, 15) is 4.39 Å². The van der Waals surface area contributed by atoms with Gasteiger partial charge in [0, 0.05) is 18.2 Å². The Hall–Kier alpha value is -1.13. The maximum atomic E-state index is 13.6. The summed E-state index contributed by atoms with van der Waals surface area (Å²) in [5.74, 6) is -0.271. The van der Waals surface area contributed by atoms with Gasteiger partial charge in [0.1, 0.15) is 0 Å². The van der Waals surface area contributed by atoms with Crippen molar-refractivity contribution in [3.05, 3.63) is 29.6 Å². The number of benzene rings is 1. The van der Waals surface area contributed by atoms with Gasteiger partial charge in [-0.25, -0.2) is 4.39 Å². The van der Waals surface area contributed by atoms with Crippen LogP contribution in [-0.2, 0) is 0 Å². The minimum atomic E-state index is -0.491. The molecule has 0 aliphatic heterocycles. The molecule has 0 unspecified atom stereocenters. The van der Waals surface area contributed by atoms with E-state index < -0.39 is 11.9 Å². The van der Waals surface area contributed by atoms with Crippen molar-refractivity contribution >= 4 is 0 Å². The molecule has 0 amide bonds. The second-order valence-electron chi connectivity index (χ2n) is 2.98. The summed E-state index contributed by atoms with van der Waals surface area (Å²) in [5.41, 5.74) is 6.05. The van der Waals surface area contributed by atoms with Gasteiger partial charge in [-0.3, -0.25) is 0 Å². The maximum Gasteiger partial charge on any atom is 0.169 e. The van der Waals surface area contributed by atoms with Crippen LogP contribution >= 0.6 is 0 Å². The lowest BCUT2D eigenvalue weighted by Gasteiger charge is -2.13. The quantitative estimate of drug-likeness (QED) is 0.766. The second-order valence-corrected chi connectivity index (χ2v) is 2.98. The van der Waals surface area contributed by atoms with Crippen molar-refractivity contribution in [2.24, 2.45) is 5.73 Å². The van der Waals surface area contributed by atoms with Crippen molar-refractivity contribution in [3.63, 3.8) is 0 Å². The zero-order chi connectivity index (χ0) is 10.6. The third-order valence-electron chi connectivity index (χ3n) is 2.05. The summed E-state index contributed by atoms with van der Waals surface area (Å²) in [6, 6.07) is 4.31. The first-order valence-corrected chi connectivity index (χ1v) is 4.39. The third-order valence-corrected chi connectivity index (χ3v) is 2.05.